The fourth-order valence-corrected chi connectivity index (χ4v) is 4.58. The van der Waals surface area contributed by atoms with Crippen LogP contribution in [0.5, 0.6) is 5.75 Å². The summed E-state index contributed by atoms with van der Waals surface area (Å²) in [6.07, 6.45) is 0.860. The van der Waals surface area contributed by atoms with Gasteiger partial charge in [0, 0.05) is 11.1 Å². The van der Waals surface area contributed by atoms with Crippen molar-refractivity contribution < 1.29 is 21.8 Å². The van der Waals surface area contributed by atoms with Crippen LogP contribution >= 0.6 is 0 Å². The van der Waals surface area contributed by atoms with Gasteiger partial charge in [-0.05, 0) is 31.2 Å². The van der Waals surface area contributed by atoms with Crippen LogP contribution in [0, 0.1) is 0 Å². The second-order valence-corrected chi connectivity index (χ2v) is 8.51. The Morgan fingerprint density at radius 1 is 1.04 bits per heavy atom. The van der Waals surface area contributed by atoms with E-state index >= 15 is 0 Å². The van der Waals surface area contributed by atoms with Gasteiger partial charge in [0.15, 0.2) is 6.10 Å². The fourth-order valence-electron chi connectivity index (χ4n) is 3.96. The zero-order chi connectivity index (χ0) is 18.8. The summed E-state index contributed by atoms with van der Waals surface area (Å²) in [7, 11) is -1.77. The minimum atomic E-state index is -3.43. The molecule has 0 aromatic heterocycles. The second kappa shape index (κ2) is 7.39. The van der Waals surface area contributed by atoms with Crippen molar-refractivity contribution in [3.05, 3.63) is 65.7 Å². The molecule has 3 rings (SSSR count). The molecule has 2 aromatic carbocycles. The van der Waals surface area contributed by atoms with Gasteiger partial charge in [-0.15, -0.1) is 0 Å². The normalized spacial score (nSPS) is 23.9. The summed E-state index contributed by atoms with van der Waals surface area (Å²) in [5.74, 6) is 0.825. The summed E-state index contributed by atoms with van der Waals surface area (Å²) < 4.78 is 34.2. The maximum Gasteiger partial charge on any atom is 0.265 e. The van der Waals surface area contributed by atoms with Gasteiger partial charge in [-0.1, -0.05) is 30.3 Å². The number of quaternary nitrogens is 1. The monoisotopic (exact) mass is 376 g/mol. The van der Waals surface area contributed by atoms with Gasteiger partial charge in [0.25, 0.3) is 10.1 Å². The Labute approximate surface area is 155 Å². The van der Waals surface area contributed by atoms with Gasteiger partial charge in [0.05, 0.1) is 19.9 Å². The Kier molecular flexibility index (Phi) is 5.37. The maximum absolute atomic E-state index is 11.5. The number of hydrogen-bond donors (Lipinski definition) is 0. The van der Waals surface area contributed by atoms with Gasteiger partial charge < -0.3 is 9.22 Å². The molecule has 0 bridgehead atoms. The predicted molar refractivity (Wildman–Crippen MR) is 102 cm³/mol. The first-order chi connectivity index (χ1) is 12.4. The van der Waals surface area contributed by atoms with Crippen molar-refractivity contribution in [1.29, 1.82) is 0 Å². The molecule has 0 spiro atoms. The van der Waals surface area contributed by atoms with Crippen LogP contribution in [0.4, 0.5) is 0 Å². The van der Waals surface area contributed by atoms with Crippen molar-refractivity contribution in [1.82, 2.24) is 0 Å². The molecular weight excluding hydrogens is 350 g/mol. The average Bonchev–Trinajstić information content (AvgIpc) is 2.60. The number of nitrogens with zero attached hydrogens (tertiary/aromatic N) is 1. The van der Waals surface area contributed by atoms with E-state index in [2.05, 4.69) is 31.2 Å². The predicted octanol–water partition coefficient (Wildman–Crippen LogP) is 2.98. The summed E-state index contributed by atoms with van der Waals surface area (Å²) in [5.41, 5.74) is 2.41. The zero-order valence-corrected chi connectivity index (χ0v) is 16.3. The Morgan fingerprint density at radius 3 is 2.12 bits per heavy atom. The third-order valence-corrected chi connectivity index (χ3v) is 5.79. The van der Waals surface area contributed by atoms with Crippen LogP contribution in [-0.2, 0) is 14.3 Å². The van der Waals surface area contributed by atoms with Crippen LogP contribution in [0.2, 0.25) is 0 Å². The quantitative estimate of drug-likeness (QED) is 0.551. The molecule has 0 saturated carbocycles. The van der Waals surface area contributed by atoms with E-state index in [1.807, 2.05) is 30.3 Å². The molecule has 0 radical (unpaired) electrons. The number of ether oxygens (including phenoxy) is 1. The lowest BCUT2D eigenvalue weighted by Crippen LogP contribution is -2.68. The zero-order valence-electron chi connectivity index (χ0n) is 15.5. The molecule has 5 nitrogen and oxygen atoms in total. The van der Waals surface area contributed by atoms with E-state index in [1.165, 1.54) is 11.1 Å². The highest BCUT2D eigenvalue weighted by Gasteiger charge is 2.51. The van der Waals surface area contributed by atoms with E-state index in [4.69, 9.17) is 8.92 Å². The van der Waals surface area contributed by atoms with E-state index in [9.17, 15) is 8.42 Å². The van der Waals surface area contributed by atoms with Crippen LogP contribution in [0.3, 0.4) is 0 Å². The number of hydrogen-bond acceptors (Lipinski definition) is 4. The number of likely N-dealkylation sites (N-methyl/N-ethyl adjacent to an activating group) is 1. The van der Waals surface area contributed by atoms with Gasteiger partial charge in [-0.2, -0.15) is 8.42 Å². The molecule has 1 fully saturated rings. The van der Waals surface area contributed by atoms with Crippen LogP contribution < -0.4 is 4.74 Å². The third-order valence-electron chi connectivity index (χ3n) is 5.17. The van der Waals surface area contributed by atoms with Crippen LogP contribution in [0.15, 0.2) is 54.6 Å². The van der Waals surface area contributed by atoms with Crippen LogP contribution in [-0.4, -0.2) is 52.0 Å². The van der Waals surface area contributed by atoms with E-state index in [-0.39, 0.29) is 12.1 Å². The highest BCUT2D eigenvalue weighted by atomic mass is 32.2. The first-order valence-corrected chi connectivity index (χ1v) is 10.6. The van der Waals surface area contributed by atoms with Crippen molar-refractivity contribution in [3.8, 4) is 5.75 Å². The Morgan fingerprint density at radius 2 is 1.62 bits per heavy atom. The highest BCUT2D eigenvalue weighted by molar-refractivity contribution is 7.86. The van der Waals surface area contributed by atoms with E-state index in [0.29, 0.717) is 13.1 Å². The topological polar surface area (TPSA) is 52.6 Å². The van der Waals surface area contributed by atoms with E-state index in [1.54, 1.807) is 7.11 Å². The van der Waals surface area contributed by atoms with Crippen LogP contribution in [0.25, 0.3) is 0 Å². The molecule has 1 aliphatic rings. The minimum absolute atomic E-state index is 0.131. The molecule has 1 heterocycles. The number of benzene rings is 2. The van der Waals surface area contributed by atoms with Gasteiger partial charge in [-0.25, -0.2) is 0 Å². The highest BCUT2D eigenvalue weighted by Crippen LogP contribution is 2.41. The van der Waals surface area contributed by atoms with E-state index in [0.717, 1.165) is 23.0 Å². The maximum atomic E-state index is 11.5. The summed E-state index contributed by atoms with van der Waals surface area (Å²) in [6, 6.07) is 18.6. The van der Waals surface area contributed by atoms with Gasteiger partial charge >= 0.3 is 0 Å². The van der Waals surface area contributed by atoms with Gasteiger partial charge in [0.2, 0.25) is 0 Å². The van der Waals surface area contributed by atoms with Crippen molar-refractivity contribution in [2.45, 2.75) is 19.1 Å². The number of likely N-dealkylation sites (tertiary alicyclic amines) is 1. The summed E-state index contributed by atoms with van der Waals surface area (Å²) >= 11 is 0. The SMILES string of the molecule is CC[N+]1(C(c2ccccc2)c2ccc(OC)cc2)CC(OS(C)(=O)=O)C1. The Hall–Kier alpha value is -1.89. The molecule has 0 aliphatic carbocycles. The molecule has 0 N–H and O–H groups in total. The van der Waals surface area contributed by atoms with Crippen molar-refractivity contribution in [2.75, 3.05) is 33.0 Å². The molecule has 1 unspecified atom stereocenters. The molecule has 1 atom stereocenters. The summed E-state index contributed by atoms with van der Waals surface area (Å²) in [4.78, 5) is 0. The first kappa shape index (κ1) is 18.9. The summed E-state index contributed by atoms with van der Waals surface area (Å²) in [6.45, 7) is 4.40. The molecule has 26 heavy (non-hydrogen) atoms. The minimum Gasteiger partial charge on any atom is -0.497 e. The number of methoxy groups -OCH3 is 1. The molecule has 1 saturated heterocycles. The summed E-state index contributed by atoms with van der Waals surface area (Å²) in [5, 5.41) is 0. The number of rotatable bonds is 7. The smallest absolute Gasteiger partial charge is 0.265 e. The lowest BCUT2D eigenvalue weighted by molar-refractivity contribution is -0.991. The Balaban J connectivity index is 1.95. The molecule has 1 aliphatic heterocycles. The molecule has 140 valence electrons. The first-order valence-electron chi connectivity index (χ1n) is 8.80. The van der Waals surface area contributed by atoms with Crippen molar-refractivity contribution >= 4 is 10.1 Å². The van der Waals surface area contributed by atoms with Crippen molar-refractivity contribution in [2.24, 2.45) is 0 Å². The second-order valence-electron chi connectivity index (χ2n) is 6.91. The lowest BCUT2D eigenvalue weighted by Gasteiger charge is -2.53. The molecule has 2 aromatic rings. The molecular formula is C20H26NO4S+. The molecule has 0 amide bonds. The third kappa shape index (κ3) is 3.92. The van der Waals surface area contributed by atoms with Crippen LogP contribution in [0.1, 0.15) is 24.1 Å². The fraction of sp³-hybridized carbons (Fsp3) is 0.400. The van der Waals surface area contributed by atoms with Gasteiger partial charge in [-0.3, -0.25) is 4.18 Å². The standard InChI is InChI=1S/C20H26NO4S/c1-4-21(14-19(15-21)25-26(3,22)23)20(16-8-6-5-7-9-16)17-10-12-18(24-2)13-11-17/h5-13,19-20H,4,14-15H2,1-3H3/q+1. The largest absolute Gasteiger partial charge is 0.497 e. The van der Waals surface area contributed by atoms with Gasteiger partial charge in [0.1, 0.15) is 24.9 Å². The van der Waals surface area contributed by atoms with Crippen molar-refractivity contribution in [3.63, 3.8) is 0 Å². The van der Waals surface area contributed by atoms with E-state index < -0.39 is 10.1 Å². The lowest BCUT2D eigenvalue weighted by atomic mass is 9.89. The average molecular weight is 376 g/mol. The Bertz CT molecular complexity index is 828. The molecule has 6 heteroatoms.